The average molecular weight is 392 g/mol. The Morgan fingerprint density at radius 1 is 1.19 bits per heavy atom. The zero-order valence-electron chi connectivity index (χ0n) is 14.3. The Kier molecular flexibility index (Phi) is 5.13. The molecule has 3 aromatic rings. The van der Waals surface area contributed by atoms with Gasteiger partial charge in [-0.05, 0) is 42.8 Å². The fourth-order valence-electron chi connectivity index (χ4n) is 2.62. The average Bonchev–Trinajstić information content (AvgIpc) is 2.58. The first-order chi connectivity index (χ1) is 12.2. The number of rotatable bonds is 5. The van der Waals surface area contributed by atoms with Gasteiger partial charge in [-0.2, -0.15) is 0 Å². The van der Waals surface area contributed by atoms with E-state index in [0.29, 0.717) is 28.3 Å². The Labute approximate surface area is 156 Å². The minimum atomic E-state index is -3.21. The number of aromatic nitrogens is 2. The lowest BCUT2D eigenvalue weighted by molar-refractivity contribution is 0.559. The third-order valence-electron chi connectivity index (χ3n) is 4.10. The van der Waals surface area contributed by atoms with E-state index in [1.807, 2.05) is 6.92 Å². The summed E-state index contributed by atoms with van der Waals surface area (Å²) in [7, 11) is -3.21. The van der Waals surface area contributed by atoms with Gasteiger partial charge in [0, 0.05) is 17.3 Å². The zero-order chi connectivity index (χ0) is 18.9. The highest BCUT2D eigenvalue weighted by atomic mass is 35.5. The maximum Gasteiger partial charge on any atom is 0.258 e. The van der Waals surface area contributed by atoms with Gasteiger partial charge >= 0.3 is 0 Å². The van der Waals surface area contributed by atoms with Gasteiger partial charge in [0.1, 0.15) is 5.82 Å². The first-order valence-corrected chi connectivity index (χ1v) is 10.2. The van der Waals surface area contributed by atoms with Crippen molar-refractivity contribution in [2.45, 2.75) is 24.4 Å². The van der Waals surface area contributed by atoms with E-state index in [4.69, 9.17) is 11.6 Å². The molecule has 0 aliphatic carbocycles. The summed E-state index contributed by atoms with van der Waals surface area (Å²) < 4.78 is 23.0. The van der Waals surface area contributed by atoms with Crippen molar-refractivity contribution in [1.29, 1.82) is 0 Å². The van der Waals surface area contributed by atoms with Gasteiger partial charge in [-0.25, -0.2) is 13.4 Å². The summed E-state index contributed by atoms with van der Waals surface area (Å²) in [6.07, 6.45) is 1.18. The van der Waals surface area contributed by atoms with Crippen LogP contribution in [0.25, 0.3) is 10.9 Å². The summed E-state index contributed by atoms with van der Waals surface area (Å²) >= 11 is 5.97. The van der Waals surface area contributed by atoms with Crippen molar-refractivity contribution >= 4 is 32.3 Å². The molecule has 1 aromatic heterocycles. The molecular weight excluding hydrogens is 374 g/mol. The first kappa shape index (κ1) is 18.6. The SMILES string of the molecule is C[C@H](NCc1nc2cc(Cl)ccc2c(=O)[nH]1)c1ccc(S(C)(=O)=O)cc1. The molecule has 3 rings (SSSR count). The number of hydrogen-bond donors (Lipinski definition) is 2. The number of fused-ring (bicyclic) bond motifs is 1. The van der Waals surface area contributed by atoms with Gasteiger partial charge in [-0.3, -0.25) is 4.79 Å². The van der Waals surface area contributed by atoms with Crippen molar-refractivity contribution in [3.05, 3.63) is 69.2 Å². The number of H-pyrrole nitrogens is 1. The molecule has 0 saturated carbocycles. The van der Waals surface area contributed by atoms with Crippen LogP contribution in [0, 0.1) is 0 Å². The maximum absolute atomic E-state index is 12.1. The van der Waals surface area contributed by atoms with Crippen LogP contribution >= 0.6 is 11.6 Å². The molecule has 2 N–H and O–H groups in total. The molecule has 0 amide bonds. The summed E-state index contributed by atoms with van der Waals surface area (Å²) in [6.45, 7) is 2.30. The van der Waals surface area contributed by atoms with Crippen LogP contribution < -0.4 is 10.9 Å². The molecule has 0 aliphatic rings. The van der Waals surface area contributed by atoms with Gasteiger partial charge < -0.3 is 10.3 Å². The number of nitrogens with zero attached hydrogens (tertiary/aromatic N) is 1. The number of aromatic amines is 1. The Bertz CT molecular complexity index is 1110. The van der Waals surface area contributed by atoms with Gasteiger partial charge in [-0.15, -0.1) is 0 Å². The van der Waals surface area contributed by atoms with Crippen molar-refractivity contribution in [1.82, 2.24) is 15.3 Å². The second kappa shape index (κ2) is 7.19. The molecule has 0 radical (unpaired) electrons. The second-order valence-electron chi connectivity index (χ2n) is 6.12. The predicted octanol–water partition coefficient (Wildman–Crippen LogP) is 2.83. The molecule has 136 valence electrons. The van der Waals surface area contributed by atoms with Gasteiger partial charge in [0.15, 0.2) is 9.84 Å². The molecule has 0 aliphatic heterocycles. The largest absolute Gasteiger partial charge is 0.309 e. The third kappa shape index (κ3) is 4.12. The summed E-state index contributed by atoms with van der Waals surface area (Å²) in [5.74, 6) is 0.504. The standard InChI is InChI=1S/C18H18ClN3O3S/c1-11(12-3-6-14(7-4-12)26(2,24)25)20-10-17-21-16-9-13(19)5-8-15(16)18(23)22-17/h3-9,11,20H,10H2,1-2H3,(H,21,22,23)/t11-/m0/s1. The number of hydrogen-bond acceptors (Lipinski definition) is 5. The minimum Gasteiger partial charge on any atom is -0.309 e. The maximum atomic E-state index is 12.1. The van der Waals surface area contributed by atoms with Crippen LogP contribution in [0.2, 0.25) is 5.02 Å². The van der Waals surface area contributed by atoms with Crippen molar-refractivity contribution < 1.29 is 8.42 Å². The molecule has 2 aromatic carbocycles. The van der Waals surface area contributed by atoms with Crippen molar-refractivity contribution in [2.75, 3.05) is 6.26 Å². The van der Waals surface area contributed by atoms with Gasteiger partial charge in [-0.1, -0.05) is 23.7 Å². The van der Waals surface area contributed by atoms with Crippen LogP contribution in [-0.4, -0.2) is 24.6 Å². The number of benzene rings is 2. The molecule has 1 atom stereocenters. The van der Waals surface area contributed by atoms with Crippen LogP contribution in [0.15, 0.2) is 52.2 Å². The fourth-order valence-corrected chi connectivity index (χ4v) is 3.41. The lowest BCUT2D eigenvalue weighted by Crippen LogP contribution is -2.22. The Morgan fingerprint density at radius 3 is 2.54 bits per heavy atom. The Hall–Kier alpha value is -2.22. The van der Waals surface area contributed by atoms with Crippen LogP contribution in [0.3, 0.4) is 0 Å². The van der Waals surface area contributed by atoms with Gasteiger partial charge in [0.2, 0.25) is 0 Å². The van der Waals surface area contributed by atoms with E-state index in [0.717, 1.165) is 5.56 Å². The molecule has 1 heterocycles. The monoisotopic (exact) mass is 391 g/mol. The smallest absolute Gasteiger partial charge is 0.258 e. The van der Waals surface area contributed by atoms with E-state index in [1.165, 1.54) is 6.26 Å². The molecule has 0 bridgehead atoms. The normalized spacial score (nSPS) is 13.0. The lowest BCUT2D eigenvalue weighted by atomic mass is 10.1. The molecule has 8 heteroatoms. The highest BCUT2D eigenvalue weighted by molar-refractivity contribution is 7.90. The Balaban J connectivity index is 1.76. The predicted molar refractivity (Wildman–Crippen MR) is 102 cm³/mol. The van der Waals surface area contributed by atoms with Crippen LogP contribution in [-0.2, 0) is 16.4 Å². The quantitative estimate of drug-likeness (QED) is 0.697. The molecule has 0 fully saturated rings. The molecule has 26 heavy (non-hydrogen) atoms. The highest BCUT2D eigenvalue weighted by Gasteiger charge is 2.10. The van der Waals surface area contributed by atoms with E-state index in [9.17, 15) is 13.2 Å². The molecule has 0 saturated heterocycles. The van der Waals surface area contributed by atoms with E-state index >= 15 is 0 Å². The third-order valence-corrected chi connectivity index (χ3v) is 5.47. The van der Waals surface area contributed by atoms with E-state index in [1.54, 1.807) is 42.5 Å². The van der Waals surface area contributed by atoms with Crippen molar-refractivity contribution in [3.63, 3.8) is 0 Å². The van der Waals surface area contributed by atoms with Crippen LogP contribution in [0.5, 0.6) is 0 Å². The van der Waals surface area contributed by atoms with Crippen LogP contribution in [0.1, 0.15) is 24.4 Å². The number of halogens is 1. The zero-order valence-corrected chi connectivity index (χ0v) is 15.9. The molecule has 0 unspecified atom stereocenters. The van der Waals surface area contributed by atoms with Crippen LogP contribution in [0.4, 0.5) is 0 Å². The van der Waals surface area contributed by atoms with Gasteiger partial charge in [0.25, 0.3) is 5.56 Å². The van der Waals surface area contributed by atoms with E-state index in [2.05, 4.69) is 15.3 Å². The molecule has 6 nitrogen and oxygen atoms in total. The summed E-state index contributed by atoms with van der Waals surface area (Å²) in [5, 5.41) is 4.28. The lowest BCUT2D eigenvalue weighted by Gasteiger charge is -2.14. The number of nitrogens with one attached hydrogen (secondary N) is 2. The Morgan fingerprint density at radius 2 is 1.88 bits per heavy atom. The number of sulfone groups is 1. The summed E-state index contributed by atoms with van der Waals surface area (Å²) in [5.41, 5.74) is 1.26. The van der Waals surface area contributed by atoms with Crippen molar-refractivity contribution in [3.8, 4) is 0 Å². The van der Waals surface area contributed by atoms with Crippen molar-refractivity contribution in [2.24, 2.45) is 0 Å². The fraction of sp³-hybridized carbons (Fsp3) is 0.222. The summed E-state index contributed by atoms with van der Waals surface area (Å²) in [6, 6.07) is 11.6. The van der Waals surface area contributed by atoms with Gasteiger partial charge in [0.05, 0.1) is 22.3 Å². The molecule has 0 spiro atoms. The van der Waals surface area contributed by atoms with E-state index in [-0.39, 0.29) is 16.5 Å². The van der Waals surface area contributed by atoms with E-state index < -0.39 is 9.84 Å². The summed E-state index contributed by atoms with van der Waals surface area (Å²) in [4.78, 5) is 19.6. The molecular formula is C18H18ClN3O3S. The highest BCUT2D eigenvalue weighted by Crippen LogP contribution is 2.17. The minimum absolute atomic E-state index is 0.0519. The topological polar surface area (TPSA) is 91.9 Å². The second-order valence-corrected chi connectivity index (χ2v) is 8.57. The first-order valence-electron chi connectivity index (χ1n) is 7.96.